The first-order chi connectivity index (χ1) is 16.6. The van der Waals surface area contributed by atoms with E-state index >= 15 is 0 Å². The van der Waals surface area contributed by atoms with Crippen LogP contribution >= 0.6 is 0 Å². The van der Waals surface area contributed by atoms with Gasteiger partial charge in [0, 0.05) is 19.5 Å². The van der Waals surface area contributed by atoms with Gasteiger partial charge >= 0.3 is 35.8 Å². The van der Waals surface area contributed by atoms with E-state index in [1.54, 1.807) is 56.2 Å². The smallest absolute Gasteiger partial charge is 0.305 e. The van der Waals surface area contributed by atoms with Gasteiger partial charge in [-0.25, -0.2) is 0 Å². The predicted molar refractivity (Wildman–Crippen MR) is 119 cm³/mol. The van der Waals surface area contributed by atoms with Gasteiger partial charge in [-0.15, -0.1) is 0 Å². The van der Waals surface area contributed by atoms with Gasteiger partial charge in [-0.3, -0.25) is 0 Å². The summed E-state index contributed by atoms with van der Waals surface area (Å²) in [7, 11) is 3.74. The fraction of sp³-hybridized carbons (Fsp3) is 0.727. The normalized spacial score (nSPS) is 15.1. The van der Waals surface area contributed by atoms with Crippen LogP contribution in [0.2, 0.25) is 19.1 Å². The van der Waals surface area contributed by atoms with E-state index in [0.717, 1.165) is 0 Å². The molecule has 0 aliphatic rings. The first kappa shape index (κ1) is 34.5. The monoisotopic (exact) mass is 596 g/mol. The molecule has 0 aliphatic heterocycles. The van der Waals surface area contributed by atoms with E-state index in [4.69, 9.17) is 0 Å². The van der Waals surface area contributed by atoms with Crippen LogP contribution in [0.1, 0.15) is 17.5 Å². The molecule has 0 amide bonds. The van der Waals surface area contributed by atoms with Crippen molar-refractivity contribution in [2.24, 2.45) is 0 Å². The van der Waals surface area contributed by atoms with Crippen LogP contribution in [0.25, 0.3) is 0 Å². The Kier molecular flexibility index (Phi) is 9.79. The zero-order valence-electron chi connectivity index (χ0n) is 21.4. The Morgan fingerprint density at radius 1 is 0.579 bits per heavy atom. The summed E-state index contributed by atoms with van der Waals surface area (Å²) in [5.41, 5.74) is 1.42. The fourth-order valence-corrected chi connectivity index (χ4v) is 6.02. The highest BCUT2D eigenvalue weighted by atomic mass is 28.3. The molecule has 0 heterocycles. The van der Waals surface area contributed by atoms with Crippen molar-refractivity contribution in [3.05, 3.63) is 29.3 Å². The van der Waals surface area contributed by atoms with Crippen molar-refractivity contribution in [1.82, 2.24) is 9.80 Å². The highest BCUT2D eigenvalue weighted by molar-refractivity contribution is 6.89. The number of nitrogens with zero attached hydrogens (tertiary/aromatic N) is 2. The average Bonchev–Trinajstić information content (AvgIpc) is 2.69. The van der Waals surface area contributed by atoms with Gasteiger partial charge in [0.1, 0.15) is 0 Å². The van der Waals surface area contributed by atoms with E-state index in [2.05, 4.69) is 0 Å². The molecule has 0 aliphatic carbocycles. The first-order valence-electron chi connectivity index (χ1n) is 11.0. The van der Waals surface area contributed by atoms with E-state index < -0.39 is 56.3 Å². The molecule has 0 N–H and O–H groups in total. The van der Waals surface area contributed by atoms with Crippen molar-refractivity contribution in [3.8, 4) is 0 Å². The zero-order valence-corrected chi connectivity index (χ0v) is 22.4. The third-order valence-electron chi connectivity index (χ3n) is 5.89. The van der Waals surface area contributed by atoms with Crippen LogP contribution in [0, 0.1) is 0 Å². The second kappa shape index (κ2) is 10.8. The molecular weight excluding hydrogens is 567 g/mol. The summed E-state index contributed by atoms with van der Waals surface area (Å²) in [5, 5.41) is 0.438. The molecule has 0 bridgehead atoms. The Hall–Kier alpha value is -1.55. The molecule has 16 heteroatoms. The molecule has 0 radical (unpaired) electrons. The number of alkyl halides is 13. The molecule has 2 nitrogen and oxygen atoms in total. The lowest BCUT2D eigenvalue weighted by molar-refractivity contribution is -0.439. The van der Waals surface area contributed by atoms with Crippen LogP contribution in [0.3, 0.4) is 0 Å². The van der Waals surface area contributed by atoms with Crippen LogP contribution in [-0.4, -0.2) is 81.9 Å². The van der Waals surface area contributed by atoms with Gasteiger partial charge in [0.15, 0.2) is 0 Å². The number of benzene rings is 1. The van der Waals surface area contributed by atoms with Crippen molar-refractivity contribution < 1.29 is 57.1 Å². The van der Waals surface area contributed by atoms with E-state index in [9.17, 15) is 57.1 Å². The van der Waals surface area contributed by atoms with E-state index in [1.807, 2.05) is 0 Å². The summed E-state index contributed by atoms with van der Waals surface area (Å²) in [6.45, 7) is 3.61. The molecule has 0 unspecified atom stereocenters. The molecule has 0 fully saturated rings. The summed E-state index contributed by atoms with van der Waals surface area (Å²) >= 11 is 0. The minimum Gasteiger partial charge on any atom is -0.305 e. The van der Waals surface area contributed by atoms with Gasteiger partial charge in [0.2, 0.25) is 0 Å². The fourth-order valence-electron chi connectivity index (χ4n) is 3.64. The lowest BCUT2D eigenvalue weighted by Gasteiger charge is -2.40. The van der Waals surface area contributed by atoms with Gasteiger partial charge in [-0.1, -0.05) is 36.5 Å². The van der Waals surface area contributed by atoms with Crippen LogP contribution in [-0.2, 0) is 13.1 Å². The van der Waals surface area contributed by atoms with Crippen molar-refractivity contribution in [1.29, 1.82) is 0 Å². The second-order valence-electron chi connectivity index (χ2n) is 10.4. The Bertz CT molecular complexity index is 929. The number of hydrogen-bond acceptors (Lipinski definition) is 2. The summed E-state index contributed by atoms with van der Waals surface area (Å²) in [5.74, 6) is -36.6. The predicted octanol–water partition coefficient (Wildman–Crippen LogP) is 6.85. The van der Waals surface area contributed by atoms with E-state index in [0.29, 0.717) is 29.4 Å². The van der Waals surface area contributed by atoms with Crippen molar-refractivity contribution in [2.75, 3.05) is 28.2 Å². The molecular formula is C22H29F13N2Si. The van der Waals surface area contributed by atoms with Crippen LogP contribution in [0.5, 0.6) is 0 Å². The Morgan fingerprint density at radius 3 is 1.29 bits per heavy atom. The third kappa shape index (κ3) is 6.59. The molecule has 1 aromatic rings. The highest BCUT2D eigenvalue weighted by Crippen LogP contribution is 2.60. The minimum absolute atomic E-state index is 0.391. The van der Waals surface area contributed by atoms with E-state index in [1.165, 1.54) is 13.1 Å². The lowest BCUT2D eigenvalue weighted by atomic mass is 9.93. The first-order valence-corrected chi connectivity index (χ1v) is 14.2. The van der Waals surface area contributed by atoms with E-state index in [-0.39, 0.29) is 0 Å². The van der Waals surface area contributed by atoms with Crippen LogP contribution in [0.4, 0.5) is 57.1 Å². The quantitative estimate of drug-likeness (QED) is 0.192. The van der Waals surface area contributed by atoms with Crippen molar-refractivity contribution in [3.63, 3.8) is 0 Å². The highest BCUT2D eigenvalue weighted by Gasteiger charge is 2.90. The molecule has 38 heavy (non-hydrogen) atoms. The zero-order chi connectivity index (χ0) is 30.3. The van der Waals surface area contributed by atoms with Gasteiger partial charge in [0.25, 0.3) is 0 Å². The number of hydrogen-bond donors (Lipinski definition) is 0. The van der Waals surface area contributed by atoms with Gasteiger partial charge < -0.3 is 9.80 Å². The van der Waals surface area contributed by atoms with Crippen LogP contribution < -0.4 is 5.19 Å². The van der Waals surface area contributed by atoms with Crippen molar-refractivity contribution >= 4 is 13.3 Å². The van der Waals surface area contributed by atoms with Crippen molar-refractivity contribution in [2.45, 2.75) is 74.4 Å². The maximum Gasteiger partial charge on any atom is 0.460 e. The molecule has 222 valence electrons. The SMILES string of the molecule is CN(C)Cc1cc(CN(C)C)cc([Si](C)(C)CCC(F)(F)C(F)(F)C(F)(F)C(F)(F)C(F)(F)C(F)(F)F)c1. The molecule has 0 saturated carbocycles. The molecule has 0 aromatic heterocycles. The number of rotatable bonds is 12. The molecule has 0 atom stereocenters. The maximum atomic E-state index is 14.4. The van der Waals surface area contributed by atoms with Gasteiger partial charge in [-0.05, 0) is 45.4 Å². The lowest BCUT2D eigenvalue weighted by Crippen LogP contribution is -2.70. The number of halogens is 13. The minimum atomic E-state index is -7.88. The Morgan fingerprint density at radius 2 is 0.947 bits per heavy atom. The Balaban J connectivity index is 3.39. The summed E-state index contributed by atoms with van der Waals surface area (Å²) in [6.07, 6.45) is -9.58. The average molecular weight is 597 g/mol. The topological polar surface area (TPSA) is 6.48 Å². The summed E-state index contributed by atoms with van der Waals surface area (Å²) in [6, 6.07) is 4.11. The summed E-state index contributed by atoms with van der Waals surface area (Å²) in [4.78, 5) is 3.56. The third-order valence-corrected chi connectivity index (χ3v) is 9.25. The van der Waals surface area contributed by atoms with Crippen LogP contribution in [0.15, 0.2) is 18.2 Å². The molecule has 0 saturated heterocycles. The summed E-state index contributed by atoms with van der Waals surface area (Å²) < 4.78 is 175. The molecule has 0 spiro atoms. The molecule has 1 aromatic carbocycles. The Labute approximate surface area is 212 Å². The second-order valence-corrected chi connectivity index (χ2v) is 15.2. The molecule has 1 rings (SSSR count). The maximum absolute atomic E-state index is 14.4. The standard InChI is InChI=1S/C22H29F13N2Si/c1-36(2)12-14-9-15(13-37(3)4)11-16(10-14)38(5,6)8-7-17(23,24)18(25,26)19(27,28)20(29,30)21(31,32)22(33,34)35/h9-11H,7-8,12-13H2,1-6H3. The van der Waals surface area contributed by atoms with Gasteiger partial charge in [0.05, 0.1) is 8.07 Å². The largest absolute Gasteiger partial charge is 0.460 e. The van der Waals surface area contributed by atoms with Gasteiger partial charge in [-0.2, -0.15) is 57.1 Å².